The predicted molar refractivity (Wildman–Crippen MR) is 208 cm³/mol. The van der Waals surface area contributed by atoms with Gasteiger partial charge in [0.05, 0.1) is 0 Å². The number of carbonyl (C=O) groups excluding carboxylic acids is 4. The van der Waals surface area contributed by atoms with E-state index in [1.807, 2.05) is 37.3 Å². The maximum Gasteiger partial charge on any atom is 0.411 e. The molecule has 1 aliphatic heterocycles. The molecule has 3 amide bonds. The first-order chi connectivity index (χ1) is 28.1. The van der Waals surface area contributed by atoms with Crippen LogP contribution in [0.2, 0.25) is 0 Å². The quantitative estimate of drug-likeness (QED) is 0.0802. The van der Waals surface area contributed by atoms with Crippen molar-refractivity contribution in [2.45, 2.75) is 76.2 Å². The second kappa shape index (κ2) is 17.9. The highest BCUT2D eigenvalue weighted by Crippen LogP contribution is 2.42. The highest BCUT2D eigenvalue weighted by molar-refractivity contribution is 5.98. The normalized spacial score (nSPS) is 19.0. The molecule has 1 saturated heterocycles. The van der Waals surface area contributed by atoms with Crippen LogP contribution in [0.5, 0.6) is 0 Å². The van der Waals surface area contributed by atoms with E-state index in [0.29, 0.717) is 49.5 Å². The van der Waals surface area contributed by atoms with E-state index in [2.05, 4.69) is 26.0 Å². The van der Waals surface area contributed by atoms with E-state index in [0.717, 1.165) is 41.5 Å². The third kappa shape index (κ3) is 9.67. The molecule has 2 atom stereocenters. The number of piperidine rings is 1. The number of H-pyrrole nitrogens is 1. The molecule has 13 nitrogen and oxygen atoms in total. The molecule has 4 aromatic rings. The maximum atomic E-state index is 14.3. The monoisotopic (exact) mass is 819 g/mol. The van der Waals surface area contributed by atoms with Gasteiger partial charge in [0.2, 0.25) is 17.6 Å². The second-order valence-electron chi connectivity index (χ2n) is 15.2. The van der Waals surface area contributed by atoms with Crippen molar-refractivity contribution in [3.8, 4) is 22.5 Å². The van der Waals surface area contributed by atoms with Crippen LogP contribution >= 0.6 is 0 Å². The Hall–Kier alpha value is -5.97. The van der Waals surface area contributed by atoms with Crippen LogP contribution in [0.25, 0.3) is 22.5 Å². The van der Waals surface area contributed by atoms with Crippen LogP contribution in [0.4, 0.5) is 23.2 Å². The summed E-state index contributed by atoms with van der Waals surface area (Å²) < 4.78 is 55.9. The molecule has 1 aromatic heterocycles. The summed E-state index contributed by atoms with van der Waals surface area (Å²) in [5.41, 5.74) is 10.1. The number of aryl methyl sites for hydroxylation is 1. The van der Waals surface area contributed by atoms with E-state index in [1.165, 1.54) is 24.3 Å². The number of anilines is 1. The Morgan fingerprint density at radius 2 is 1.61 bits per heavy atom. The van der Waals surface area contributed by atoms with Crippen LogP contribution in [-0.2, 0) is 31.5 Å². The van der Waals surface area contributed by atoms with Gasteiger partial charge in [0.15, 0.2) is 5.82 Å². The minimum absolute atomic E-state index is 0.00999. The van der Waals surface area contributed by atoms with Gasteiger partial charge < -0.3 is 26.8 Å². The van der Waals surface area contributed by atoms with Gasteiger partial charge in [-0.2, -0.15) is 22.7 Å². The first-order valence-corrected chi connectivity index (χ1v) is 19.4. The van der Waals surface area contributed by atoms with Gasteiger partial charge in [-0.3, -0.25) is 24.3 Å². The number of aliphatic carboxylic acids is 1. The molecule has 0 radical (unpaired) electrons. The zero-order valence-corrected chi connectivity index (χ0v) is 32.2. The SMILES string of the molecule is Cc1cc(C(=O)N[C@@H]2CCCNC2=O)ccc1-c1ccc(C[C@H](CC(=O)C2CCC(CN)CC2)C(=O)Nc2ccc(-c3n[nH]c(C(F)(F)C(F)(F)C(=O)O)n3)cc2)cc1. The lowest BCUT2D eigenvalue weighted by molar-refractivity contribution is -0.231. The number of hydrogen-bond donors (Lipinski definition) is 6. The van der Waals surface area contributed by atoms with Crippen molar-refractivity contribution in [1.82, 2.24) is 25.8 Å². The third-order valence-corrected chi connectivity index (χ3v) is 11.1. The fourth-order valence-corrected chi connectivity index (χ4v) is 7.53. The number of aromatic nitrogens is 3. The number of Topliss-reactive ketones (excluding diaryl/α,β-unsaturated/α-hetero) is 1. The summed E-state index contributed by atoms with van der Waals surface area (Å²) >= 11 is 0. The van der Waals surface area contributed by atoms with E-state index < -0.39 is 47.3 Å². The number of aromatic amines is 1. The van der Waals surface area contributed by atoms with E-state index in [-0.39, 0.29) is 41.9 Å². The number of benzene rings is 3. The van der Waals surface area contributed by atoms with E-state index in [1.54, 1.807) is 17.2 Å². The highest BCUT2D eigenvalue weighted by atomic mass is 19.3. The summed E-state index contributed by atoms with van der Waals surface area (Å²) in [6, 6.07) is 17.9. The fourth-order valence-electron chi connectivity index (χ4n) is 7.53. The number of carbonyl (C=O) groups is 5. The van der Waals surface area contributed by atoms with Crippen LogP contribution in [0.3, 0.4) is 0 Å². The van der Waals surface area contributed by atoms with Crippen molar-refractivity contribution < 1.29 is 46.6 Å². The number of rotatable bonds is 15. The number of ketones is 1. The Labute approximate surface area is 336 Å². The number of amides is 3. The molecule has 2 fully saturated rings. The van der Waals surface area contributed by atoms with Gasteiger partial charge in [-0.15, -0.1) is 0 Å². The van der Waals surface area contributed by atoms with E-state index in [4.69, 9.17) is 10.8 Å². The average molecular weight is 820 g/mol. The van der Waals surface area contributed by atoms with Crippen LogP contribution in [0.1, 0.15) is 72.3 Å². The molecular weight excluding hydrogens is 774 g/mol. The molecular formula is C42H45F4N7O6. The Bertz CT molecular complexity index is 2190. The van der Waals surface area contributed by atoms with Crippen molar-refractivity contribution in [2.24, 2.45) is 23.5 Å². The molecule has 312 valence electrons. The predicted octanol–water partition coefficient (Wildman–Crippen LogP) is 5.79. The molecule has 3 aromatic carbocycles. The molecule has 7 N–H and O–H groups in total. The molecule has 0 spiro atoms. The van der Waals surface area contributed by atoms with Crippen molar-refractivity contribution in [3.05, 3.63) is 89.2 Å². The number of nitrogens with two attached hydrogens (primary N) is 1. The minimum Gasteiger partial charge on any atom is -0.477 e. The molecule has 2 heterocycles. The average Bonchev–Trinajstić information content (AvgIpc) is 3.73. The van der Waals surface area contributed by atoms with Crippen LogP contribution in [-0.4, -0.2) is 74.8 Å². The lowest BCUT2D eigenvalue weighted by Crippen LogP contribution is -2.50. The number of alkyl halides is 4. The van der Waals surface area contributed by atoms with E-state index >= 15 is 0 Å². The van der Waals surface area contributed by atoms with Crippen LogP contribution < -0.4 is 21.7 Å². The van der Waals surface area contributed by atoms with Crippen LogP contribution in [0, 0.1) is 24.7 Å². The third-order valence-electron chi connectivity index (χ3n) is 11.1. The second-order valence-corrected chi connectivity index (χ2v) is 15.2. The number of carboxylic acids is 1. The number of nitrogens with zero attached hydrogens (tertiary/aromatic N) is 2. The summed E-state index contributed by atoms with van der Waals surface area (Å²) in [5.74, 6) is -17.2. The van der Waals surface area contributed by atoms with Crippen molar-refractivity contribution in [1.29, 1.82) is 0 Å². The van der Waals surface area contributed by atoms with Gasteiger partial charge in [-0.25, -0.2) is 9.78 Å². The van der Waals surface area contributed by atoms with Gasteiger partial charge >= 0.3 is 17.8 Å². The lowest BCUT2D eigenvalue weighted by Gasteiger charge is -2.27. The molecule has 59 heavy (non-hydrogen) atoms. The van der Waals surface area contributed by atoms with Crippen molar-refractivity contribution >= 4 is 35.2 Å². The summed E-state index contributed by atoms with van der Waals surface area (Å²) in [6.07, 6.45) is 4.66. The van der Waals surface area contributed by atoms with Gasteiger partial charge in [-0.05, 0) is 123 Å². The Kier molecular flexibility index (Phi) is 12.9. The molecule has 0 unspecified atom stereocenters. The molecule has 2 aliphatic rings. The zero-order valence-electron chi connectivity index (χ0n) is 32.2. The van der Waals surface area contributed by atoms with Gasteiger partial charge in [-0.1, -0.05) is 30.3 Å². The molecule has 1 aliphatic carbocycles. The Morgan fingerprint density at radius 3 is 2.24 bits per heavy atom. The summed E-state index contributed by atoms with van der Waals surface area (Å²) in [5, 5.41) is 22.2. The smallest absolute Gasteiger partial charge is 0.411 e. The van der Waals surface area contributed by atoms with E-state index in [9.17, 15) is 41.5 Å². The minimum atomic E-state index is -5.44. The van der Waals surface area contributed by atoms with Gasteiger partial charge in [0, 0.05) is 41.6 Å². The maximum absolute atomic E-state index is 14.3. The highest BCUT2D eigenvalue weighted by Gasteiger charge is 2.65. The first-order valence-electron chi connectivity index (χ1n) is 19.4. The van der Waals surface area contributed by atoms with Crippen molar-refractivity contribution in [2.75, 3.05) is 18.4 Å². The largest absolute Gasteiger partial charge is 0.477 e. The number of carboxylic acid groups (broad SMARTS) is 1. The van der Waals surface area contributed by atoms with Gasteiger partial charge in [0.25, 0.3) is 5.91 Å². The number of halogens is 4. The first kappa shape index (κ1) is 42.6. The lowest BCUT2D eigenvalue weighted by atomic mass is 9.77. The summed E-state index contributed by atoms with van der Waals surface area (Å²) in [4.78, 5) is 66.6. The molecule has 1 saturated carbocycles. The Morgan fingerprint density at radius 1 is 0.932 bits per heavy atom. The standard InChI is InChI=1S/C42H45F4N7O6/c1-23-19-29(36(55)50-33-3-2-18-48-38(33)57)14-17-32(23)26-8-4-24(5-9-26)20-30(21-34(54)27-10-6-25(22-47)7-11-27)37(56)49-31-15-12-28(13-16-31)35-51-39(53-52-35)41(43,44)42(45,46)40(58)59/h4-5,8-9,12-17,19,25,27,30,33H,2-3,6-7,10-11,18,20-22,47H2,1H3,(H,48,57)(H,49,56)(H,50,55)(H,58,59)(H,51,52,53)/t25?,27?,30-,33-/m1/s1. The number of hydrogen-bond acceptors (Lipinski definition) is 8. The Balaban J connectivity index is 1.15. The molecule has 6 rings (SSSR count). The number of nitrogens with one attached hydrogen (secondary N) is 4. The molecule has 17 heteroatoms. The fraction of sp³-hybridized carbons (Fsp3) is 0.405. The van der Waals surface area contributed by atoms with Gasteiger partial charge in [0.1, 0.15) is 11.8 Å². The summed E-state index contributed by atoms with van der Waals surface area (Å²) in [6.45, 7) is 3.04. The zero-order chi connectivity index (χ0) is 42.5. The molecule has 0 bridgehead atoms. The van der Waals surface area contributed by atoms with Crippen molar-refractivity contribution in [3.63, 3.8) is 0 Å². The summed E-state index contributed by atoms with van der Waals surface area (Å²) in [7, 11) is 0. The topological polar surface area (TPSA) is 209 Å². The van der Waals surface area contributed by atoms with Crippen LogP contribution in [0.15, 0.2) is 66.7 Å².